The summed E-state index contributed by atoms with van der Waals surface area (Å²) in [7, 11) is 0. The zero-order chi connectivity index (χ0) is 50.7. The van der Waals surface area contributed by atoms with Crippen molar-refractivity contribution < 1.29 is 24.5 Å². The van der Waals surface area contributed by atoms with Crippen molar-refractivity contribution in [1.82, 2.24) is 5.32 Å². The van der Waals surface area contributed by atoms with Gasteiger partial charge in [-0.1, -0.05) is 301 Å². The van der Waals surface area contributed by atoms with Crippen LogP contribution in [0, 0.1) is 0 Å². The highest BCUT2D eigenvalue weighted by Crippen LogP contribution is 2.18. The van der Waals surface area contributed by atoms with Gasteiger partial charge in [0.2, 0.25) is 5.91 Å². The maximum absolute atomic E-state index is 12.5. The smallest absolute Gasteiger partial charge is 0.305 e. The van der Waals surface area contributed by atoms with E-state index < -0.39 is 12.1 Å². The summed E-state index contributed by atoms with van der Waals surface area (Å²) in [6.07, 6.45) is 73.6. The normalized spacial score (nSPS) is 12.7. The molecule has 0 aromatic carbocycles. The first kappa shape index (κ1) is 68.3. The Kier molecular flexibility index (Phi) is 58.5. The molecule has 6 nitrogen and oxygen atoms in total. The van der Waals surface area contributed by atoms with Crippen LogP contribution in [-0.2, 0) is 14.3 Å². The minimum Gasteiger partial charge on any atom is -0.466 e. The van der Waals surface area contributed by atoms with Crippen LogP contribution < -0.4 is 5.32 Å². The molecule has 0 saturated carbocycles. The molecule has 2 atom stereocenters. The van der Waals surface area contributed by atoms with Gasteiger partial charge in [0, 0.05) is 12.8 Å². The van der Waals surface area contributed by atoms with E-state index in [1.165, 1.54) is 270 Å². The fourth-order valence-electron chi connectivity index (χ4n) is 9.87. The van der Waals surface area contributed by atoms with Gasteiger partial charge in [0.25, 0.3) is 0 Å². The second-order valence-corrected chi connectivity index (χ2v) is 21.7. The van der Waals surface area contributed by atoms with Crippen molar-refractivity contribution in [1.29, 1.82) is 0 Å². The lowest BCUT2D eigenvalue weighted by Crippen LogP contribution is -2.45. The maximum atomic E-state index is 12.5. The zero-order valence-electron chi connectivity index (χ0n) is 47.3. The van der Waals surface area contributed by atoms with Crippen molar-refractivity contribution in [3.63, 3.8) is 0 Å². The van der Waals surface area contributed by atoms with Crippen molar-refractivity contribution in [2.24, 2.45) is 0 Å². The lowest BCUT2D eigenvalue weighted by atomic mass is 10.0. The van der Waals surface area contributed by atoms with Gasteiger partial charge < -0.3 is 20.3 Å². The highest BCUT2D eigenvalue weighted by atomic mass is 16.5. The quantitative estimate of drug-likeness (QED) is 0.0321. The number of carbonyl (C=O) groups excluding carboxylic acids is 2. The van der Waals surface area contributed by atoms with Crippen molar-refractivity contribution in [3.05, 3.63) is 24.3 Å². The summed E-state index contributed by atoms with van der Waals surface area (Å²) >= 11 is 0. The first-order valence-corrected chi connectivity index (χ1v) is 31.6. The van der Waals surface area contributed by atoms with E-state index in [1.807, 2.05) is 6.08 Å². The predicted octanol–water partition coefficient (Wildman–Crippen LogP) is 19.8. The molecule has 0 saturated heterocycles. The summed E-state index contributed by atoms with van der Waals surface area (Å²) < 4.78 is 5.47. The van der Waals surface area contributed by atoms with Crippen LogP contribution in [-0.4, -0.2) is 47.4 Å². The molecule has 414 valence electrons. The van der Waals surface area contributed by atoms with Crippen molar-refractivity contribution in [2.45, 2.75) is 360 Å². The molecule has 0 fully saturated rings. The Labute approximate surface area is 437 Å². The van der Waals surface area contributed by atoms with Crippen LogP contribution in [0.3, 0.4) is 0 Å². The van der Waals surface area contributed by atoms with Gasteiger partial charge in [-0.15, -0.1) is 0 Å². The molecule has 0 radical (unpaired) electrons. The van der Waals surface area contributed by atoms with Gasteiger partial charge in [0.05, 0.1) is 25.4 Å². The molecule has 0 bridgehead atoms. The van der Waals surface area contributed by atoms with E-state index >= 15 is 0 Å². The average molecular weight is 987 g/mol. The van der Waals surface area contributed by atoms with Gasteiger partial charge in [-0.25, -0.2) is 0 Å². The minimum atomic E-state index is -0.852. The number of hydrogen-bond donors (Lipinski definition) is 3. The highest BCUT2D eigenvalue weighted by Gasteiger charge is 2.18. The number of amides is 1. The predicted molar refractivity (Wildman–Crippen MR) is 306 cm³/mol. The molecule has 0 aliphatic rings. The summed E-state index contributed by atoms with van der Waals surface area (Å²) in [5, 5.41) is 23.2. The Balaban J connectivity index is 3.46. The second kappa shape index (κ2) is 59.9. The van der Waals surface area contributed by atoms with E-state index in [9.17, 15) is 19.8 Å². The third kappa shape index (κ3) is 55.7. The Hall–Kier alpha value is -1.66. The van der Waals surface area contributed by atoms with Crippen LogP contribution >= 0.6 is 0 Å². The number of rotatable bonds is 59. The van der Waals surface area contributed by atoms with Crippen LogP contribution in [0.5, 0.6) is 0 Å². The van der Waals surface area contributed by atoms with Crippen LogP contribution in [0.1, 0.15) is 348 Å². The lowest BCUT2D eigenvalue weighted by molar-refractivity contribution is -0.143. The summed E-state index contributed by atoms with van der Waals surface area (Å²) in [5.74, 6) is -0.0820. The number of hydrogen-bond acceptors (Lipinski definition) is 5. The summed E-state index contributed by atoms with van der Waals surface area (Å²) in [6.45, 7) is 4.89. The minimum absolute atomic E-state index is 0.00893. The number of carbonyl (C=O) groups is 2. The topological polar surface area (TPSA) is 95.9 Å². The number of esters is 1. The molecule has 6 heteroatoms. The first-order chi connectivity index (χ1) is 34.5. The molecule has 70 heavy (non-hydrogen) atoms. The lowest BCUT2D eigenvalue weighted by Gasteiger charge is -2.20. The van der Waals surface area contributed by atoms with Gasteiger partial charge in [0.1, 0.15) is 0 Å². The molecule has 0 aliphatic carbocycles. The number of ether oxygens (including phenoxy) is 1. The summed E-state index contributed by atoms with van der Waals surface area (Å²) in [5.41, 5.74) is 0. The Morgan fingerprint density at radius 3 is 1.03 bits per heavy atom. The Morgan fingerprint density at radius 1 is 0.386 bits per heavy atom. The van der Waals surface area contributed by atoms with Crippen LogP contribution in [0.15, 0.2) is 24.3 Å². The van der Waals surface area contributed by atoms with Gasteiger partial charge in [-0.05, 0) is 57.8 Å². The van der Waals surface area contributed by atoms with E-state index in [2.05, 4.69) is 31.3 Å². The van der Waals surface area contributed by atoms with Crippen molar-refractivity contribution in [3.8, 4) is 0 Å². The third-order valence-electron chi connectivity index (χ3n) is 14.7. The molecule has 0 aromatic heterocycles. The molecule has 0 rings (SSSR count). The van der Waals surface area contributed by atoms with Crippen molar-refractivity contribution in [2.75, 3.05) is 13.2 Å². The van der Waals surface area contributed by atoms with Gasteiger partial charge in [0.15, 0.2) is 0 Å². The Morgan fingerprint density at radius 2 is 0.671 bits per heavy atom. The van der Waals surface area contributed by atoms with Gasteiger partial charge >= 0.3 is 5.97 Å². The number of aliphatic hydroxyl groups excluding tert-OH is 2. The summed E-state index contributed by atoms with van der Waals surface area (Å²) in [6, 6.07) is -0.636. The summed E-state index contributed by atoms with van der Waals surface area (Å²) in [4.78, 5) is 24.5. The molecular weight excluding hydrogens is 863 g/mol. The molecule has 2 unspecified atom stereocenters. The largest absolute Gasteiger partial charge is 0.466 e. The van der Waals surface area contributed by atoms with E-state index in [0.717, 1.165) is 51.4 Å². The number of unbranched alkanes of at least 4 members (excludes halogenated alkanes) is 46. The van der Waals surface area contributed by atoms with Crippen LogP contribution in [0.25, 0.3) is 0 Å². The fourth-order valence-corrected chi connectivity index (χ4v) is 9.87. The van der Waals surface area contributed by atoms with E-state index in [0.29, 0.717) is 19.4 Å². The van der Waals surface area contributed by atoms with Crippen molar-refractivity contribution >= 4 is 11.9 Å². The van der Waals surface area contributed by atoms with Gasteiger partial charge in [-0.2, -0.15) is 0 Å². The maximum Gasteiger partial charge on any atom is 0.305 e. The first-order valence-electron chi connectivity index (χ1n) is 31.6. The monoisotopic (exact) mass is 986 g/mol. The second-order valence-electron chi connectivity index (χ2n) is 21.7. The standard InChI is InChI=1S/C64H123NO5/c1-3-5-7-9-11-13-15-17-18-19-20-21-22-23-24-25-26-27-29-33-36-40-44-48-52-56-62(67)61(60-66)65-63(68)57-53-49-45-41-37-34-30-28-31-35-39-43-47-51-55-59-70-64(69)58-54-50-46-42-38-32-16-14-12-10-8-6-4-2/h14,16,52,56,61-62,66-67H,3-13,15,17-51,53-55,57-60H2,1-2H3,(H,65,68)/b16-14-,56-52+. The highest BCUT2D eigenvalue weighted by molar-refractivity contribution is 5.76. The molecule has 0 spiro atoms. The Bertz CT molecular complexity index is 1090. The zero-order valence-corrected chi connectivity index (χ0v) is 47.3. The third-order valence-corrected chi connectivity index (χ3v) is 14.7. The number of aliphatic hydroxyl groups is 2. The molecule has 0 aromatic rings. The molecular formula is C64H123NO5. The van der Waals surface area contributed by atoms with E-state index in [4.69, 9.17) is 4.74 Å². The van der Waals surface area contributed by atoms with Gasteiger partial charge in [-0.3, -0.25) is 9.59 Å². The van der Waals surface area contributed by atoms with E-state index in [1.54, 1.807) is 6.08 Å². The number of allylic oxidation sites excluding steroid dienone is 3. The SMILES string of the molecule is CCCCCC/C=C\CCCCCCCC(=O)OCCCCCCCCCCCCCCCCCC(=O)NC(CO)C(O)/C=C/CCCCCCCCCCCCCCCCCCCCCCCCC. The molecule has 1 amide bonds. The number of nitrogens with one attached hydrogen (secondary N) is 1. The van der Waals surface area contributed by atoms with E-state index in [-0.39, 0.29) is 18.5 Å². The average Bonchev–Trinajstić information content (AvgIpc) is 3.36. The molecule has 0 aliphatic heterocycles. The molecule has 0 heterocycles. The van der Waals surface area contributed by atoms with Crippen LogP contribution in [0.2, 0.25) is 0 Å². The van der Waals surface area contributed by atoms with Crippen LogP contribution in [0.4, 0.5) is 0 Å². The molecule has 3 N–H and O–H groups in total. The fraction of sp³-hybridized carbons (Fsp3) is 0.906.